The molecule has 17 heavy (non-hydrogen) atoms. The van der Waals surface area contributed by atoms with Gasteiger partial charge in [-0.2, -0.15) is 0 Å². The summed E-state index contributed by atoms with van der Waals surface area (Å²) < 4.78 is 0. The highest BCUT2D eigenvalue weighted by Crippen LogP contribution is 2.27. The molecule has 1 aromatic carbocycles. The molecule has 0 aliphatic heterocycles. The molecule has 0 aliphatic carbocycles. The normalized spacial score (nSPS) is 16.2. The molecule has 0 bridgehead atoms. The third kappa shape index (κ3) is 3.81. The summed E-state index contributed by atoms with van der Waals surface area (Å²) in [4.78, 5) is 10.7. The molecule has 1 aromatic rings. The van der Waals surface area contributed by atoms with E-state index in [1.165, 1.54) is 0 Å². The Morgan fingerprint density at radius 1 is 1.24 bits per heavy atom. The van der Waals surface area contributed by atoms with Crippen molar-refractivity contribution < 1.29 is 20.1 Å². The highest BCUT2D eigenvalue weighted by atomic mass is 16.4. The van der Waals surface area contributed by atoms with Crippen molar-refractivity contribution in [2.24, 2.45) is 11.7 Å². The summed E-state index contributed by atoms with van der Waals surface area (Å²) in [5, 5.41) is 28.5. The van der Waals surface area contributed by atoms with Crippen molar-refractivity contribution in [1.82, 2.24) is 0 Å². The number of aliphatic carboxylic acids is 1. The molecule has 0 amide bonds. The first-order chi connectivity index (χ1) is 8.06. The van der Waals surface area contributed by atoms with Crippen LogP contribution in [0.2, 0.25) is 0 Å². The summed E-state index contributed by atoms with van der Waals surface area (Å²) in [5.74, 6) is -1.88. The Morgan fingerprint density at radius 3 is 2.29 bits per heavy atom. The maximum absolute atomic E-state index is 10.7. The number of nitrogens with two attached hydrogens (primary N) is 1. The first-order valence-corrected chi connectivity index (χ1v) is 5.39. The molecule has 5 nitrogen and oxygen atoms in total. The van der Waals surface area contributed by atoms with Crippen molar-refractivity contribution in [1.29, 1.82) is 0 Å². The standard InChI is InChI=1S/C12H17NO4/c13-7-10(14)9(6-11(15)16)12(17)8-4-2-1-3-5-8/h1-5,9-10,12,14,17H,6-7,13H2,(H,15,16). The summed E-state index contributed by atoms with van der Waals surface area (Å²) >= 11 is 0. The van der Waals surface area contributed by atoms with Crippen molar-refractivity contribution >= 4 is 5.97 Å². The minimum Gasteiger partial charge on any atom is -0.481 e. The van der Waals surface area contributed by atoms with Gasteiger partial charge < -0.3 is 21.1 Å². The molecular weight excluding hydrogens is 222 g/mol. The summed E-state index contributed by atoms with van der Waals surface area (Å²) in [5.41, 5.74) is 5.89. The van der Waals surface area contributed by atoms with Gasteiger partial charge in [-0.05, 0) is 5.56 Å². The molecule has 0 saturated carbocycles. The first kappa shape index (κ1) is 13.6. The zero-order valence-electron chi connectivity index (χ0n) is 9.36. The number of rotatable bonds is 6. The zero-order valence-corrected chi connectivity index (χ0v) is 9.36. The Bertz CT molecular complexity index is 355. The van der Waals surface area contributed by atoms with Crippen LogP contribution in [0.1, 0.15) is 18.1 Å². The lowest BCUT2D eigenvalue weighted by Crippen LogP contribution is -2.34. The SMILES string of the molecule is NCC(O)C(CC(=O)O)C(O)c1ccccc1. The average molecular weight is 239 g/mol. The van der Waals surface area contributed by atoms with Crippen LogP contribution in [-0.4, -0.2) is 33.9 Å². The largest absolute Gasteiger partial charge is 0.481 e. The smallest absolute Gasteiger partial charge is 0.303 e. The number of aliphatic hydroxyl groups excluding tert-OH is 2. The lowest BCUT2D eigenvalue weighted by atomic mass is 9.88. The molecule has 1 rings (SSSR count). The van der Waals surface area contributed by atoms with Gasteiger partial charge in [0.2, 0.25) is 0 Å². The van der Waals surface area contributed by atoms with Crippen LogP contribution < -0.4 is 5.73 Å². The van der Waals surface area contributed by atoms with Gasteiger partial charge in [0.05, 0.1) is 18.6 Å². The van der Waals surface area contributed by atoms with E-state index in [1.54, 1.807) is 30.3 Å². The van der Waals surface area contributed by atoms with E-state index in [0.717, 1.165) is 0 Å². The molecular formula is C12H17NO4. The summed E-state index contributed by atoms with van der Waals surface area (Å²) in [6, 6.07) is 8.64. The molecule has 5 N–H and O–H groups in total. The molecule has 3 atom stereocenters. The number of hydrogen-bond acceptors (Lipinski definition) is 4. The molecule has 0 saturated heterocycles. The van der Waals surface area contributed by atoms with E-state index in [1.807, 2.05) is 0 Å². The Kier molecular flexibility index (Phi) is 5.09. The quantitative estimate of drug-likeness (QED) is 0.565. The second-order valence-corrected chi connectivity index (χ2v) is 3.92. The van der Waals surface area contributed by atoms with Crippen molar-refractivity contribution in [3.8, 4) is 0 Å². The van der Waals surface area contributed by atoms with E-state index >= 15 is 0 Å². The van der Waals surface area contributed by atoms with Crippen LogP contribution in [-0.2, 0) is 4.79 Å². The fourth-order valence-corrected chi connectivity index (χ4v) is 1.73. The second-order valence-electron chi connectivity index (χ2n) is 3.92. The van der Waals surface area contributed by atoms with E-state index in [-0.39, 0.29) is 13.0 Å². The lowest BCUT2D eigenvalue weighted by molar-refractivity contribution is -0.141. The number of carboxylic acids is 1. The van der Waals surface area contributed by atoms with Crippen LogP contribution in [0.15, 0.2) is 30.3 Å². The topological polar surface area (TPSA) is 104 Å². The molecule has 0 aliphatic rings. The van der Waals surface area contributed by atoms with E-state index in [9.17, 15) is 15.0 Å². The summed E-state index contributed by atoms with van der Waals surface area (Å²) in [6.45, 7) is -0.0815. The minimum atomic E-state index is -1.07. The molecule has 94 valence electrons. The minimum absolute atomic E-state index is 0.0815. The third-order valence-corrected chi connectivity index (χ3v) is 2.69. The van der Waals surface area contributed by atoms with Gasteiger partial charge >= 0.3 is 5.97 Å². The van der Waals surface area contributed by atoms with Crippen LogP contribution >= 0.6 is 0 Å². The second kappa shape index (κ2) is 6.34. The first-order valence-electron chi connectivity index (χ1n) is 5.39. The number of benzene rings is 1. The van der Waals surface area contributed by atoms with Crippen LogP contribution in [0.4, 0.5) is 0 Å². The fourth-order valence-electron chi connectivity index (χ4n) is 1.73. The fraction of sp³-hybridized carbons (Fsp3) is 0.417. The lowest BCUT2D eigenvalue weighted by Gasteiger charge is -2.25. The molecule has 0 radical (unpaired) electrons. The Hall–Kier alpha value is -1.43. The average Bonchev–Trinajstić information content (AvgIpc) is 2.35. The maximum Gasteiger partial charge on any atom is 0.303 e. The van der Waals surface area contributed by atoms with E-state index in [0.29, 0.717) is 5.56 Å². The predicted molar refractivity (Wildman–Crippen MR) is 62.2 cm³/mol. The van der Waals surface area contributed by atoms with Gasteiger partial charge in [-0.15, -0.1) is 0 Å². The number of aliphatic hydroxyl groups is 2. The van der Waals surface area contributed by atoms with Crippen molar-refractivity contribution in [3.63, 3.8) is 0 Å². The van der Waals surface area contributed by atoms with Crippen LogP contribution in [0.3, 0.4) is 0 Å². The zero-order chi connectivity index (χ0) is 12.8. The monoisotopic (exact) mass is 239 g/mol. The Morgan fingerprint density at radius 2 is 1.82 bits per heavy atom. The molecule has 3 unspecified atom stereocenters. The molecule has 0 aromatic heterocycles. The van der Waals surface area contributed by atoms with Gasteiger partial charge in [-0.3, -0.25) is 4.79 Å². The van der Waals surface area contributed by atoms with Gasteiger partial charge in [0.25, 0.3) is 0 Å². The van der Waals surface area contributed by atoms with Crippen molar-refractivity contribution in [3.05, 3.63) is 35.9 Å². The molecule has 0 heterocycles. The van der Waals surface area contributed by atoms with Crippen LogP contribution in [0.5, 0.6) is 0 Å². The molecule has 0 spiro atoms. The van der Waals surface area contributed by atoms with E-state index in [2.05, 4.69) is 0 Å². The van der Waals surface area contributed by atoms with Gasteiger partial charge in [-0.1, -0.05) is 30.3 Å². The number of hydrogen-bond donors (Lipinski definition) is 4. The van der Waals surface area contributed by atoms with E-state index < -0.39 is 24.1 Å². The summed E-state index contributed by atoms with van der Waals surface area (Å²) in [7, 11) is 0. The highest BCUT2D eigenvalue weighted by molar-refractivity contribution is 5.67. The maximum atomic E-state index is 10.7. The predicted octanol–water partition coefficient (Wildman–Crippen LogP) is 0.131. The Balaban J connectivity index is 2.86. The van der Waals surface area contributed by atoms with E-state index in [4.69, 9.17) is 10.8 Å². The number of carbonyl (C=O) groups is 1. The molecule has 5 heteroatoms. The van der Waals surface area contributed by atoms with Crippen LogP contribution in [0.25, 0.3) is 0 Å². The highest BCUT2D eigenvalue weighted by Gasteiger charge is 2.29. The van der Waals surface area contributed by atoms with Crippen LogP contribution in [0, 0.1) is 5.92 Å². The Labute approximate surface area is 99.5 Å². The van der Waals surface area contributed by atoms with Crippen molar-refractivity contribution in [2.45, 2.75) is 18.6 Å². The number of carboxylic acid groups (broad SMARTS) is 1. The van der Waals surface area contributed by atoms with Gasteiger partial charge in [0.15, 0.2) is 0 Å². The summed E-state index contributed by atoms with van der Waals surface area (Å²) in [6.07, 6.45) is -2.40. The van der Waals surface area contributed by atoms with Gasteiger partial charge in [0, 0.05) is 12.5 Å². The molecule has 0 fully saturated rings. The third-order valence-electron chi connectivity index (χ3n) is 2.69. The van der Waals surface area contributed by atoms with Gasteiger partial charge in [-0.25, -0.2) is 0 Å². The van der Waals surface area contributed by atoms with Crippen molar-refractivity contribution in [2.75, 3.05) is 6.54 Å². The van der Waals surface area contributed by atoms with Gasteiger partial charge in [0.1, 0.15) is 0 Å².